The molecule has 6 nitrogen and oxygen atoms in total. The normalized spacial score (nSPS) is 10.5. The summed E-state index contributed by atoms with van der Waals surface area (Å²) in [4.78, 5) is 25.3. The molecule has 0 unspecified atom stereocenters. The average Bonchev–Trinajstić information content (AvgIpc) is 3.01. The van der Waals surface area contributed by atoms with E-state index >= 15 is 0 Å². The summed E-state index contributed by atoms with van der Waals surface area (Å²) < 4.78 is 12.1. The van der Waals surface area contributed by atoms with Gasteiger partial charge in [0.05, 0.1) is 20.8 Å². The van der Waals surface area contributed by atoms with Gasteiger partial charge in [-0.25, -0.2) is 0 Å². The minimum Gasteiger partial charge on any atom is -0.497 e. The molecule has 28 heavy (non-hydrogen) atoms. The molecule has 146 valence electrons. The van der Waals surface area contributed by atoms with Gasteiger partial charge < -0.3 is 14.8 Å². The van der Waals surface area contributed by atoms with Gasteiger partial charge in [0, 0.05) is 17.8 Å². The molecule has 0 atom stereocenters. The number of benzene rings is 2. The molecule has 0 saturated carbocycles. The van der Waals surface area contributed by atoms with Crippen LogP contribution >= 0.6 is 11.3 Å². The van der Waals surface area contributed by atoms with Crippen molar-refractivity contribution >= 4 is 17.2 Å². The number of hydrogen-bond donors (Lipinski definition) is 1. The van der Waals surface area contributed by atoms with Gasteiger partial charge in [0.15, 0.2) is 0 Å². The number of thiazole rings is 1. The smallest absolute Gasteiger partial charge is 0.308 e. The monoisotopic (exact) mass is 398 g/mol. The molecule has 0 aliphatic carbocycles. The Labute approximate surface area is 167 Å². The van der Waals surface area contributed by atoms with Crippen molar-refractivity contribution in [2.75, 3.05) is 14.2 Å². The lowest BCUT2D eigenvalue weighted by molar-refractivity contribution is 0.0954. The maximum absolute atomic E-state index is 12.6. The highest BCUT2D eigenvalue weighted by molar-refractivity contribution is 7.11. The molecule has 0 fully saturated rings. The van der Waals surface area contributed by atoms with Gasteiger partial charge in [-0.1, -0.05) is 41.7 Å². The van der Waals surface area contributed by atoms with E-state index in [0.29, 0.717) is 29.4 Å². The van der Waals surface area contributed by atoms with Crippen molar-refractivity contribution in [3.63, 3.8) is 0 Å². The highest BCUT2D eigenvalue weighted by Crippen LogP contribution is 2.20. The third-order valence-corrected chi connectivity index (χ3v) is 5.56. The molecule has 0 bridgehead atoms. The van der Waals surface area contributed by atoms with E-state index in [1.54, 1.807) is 25.7 Å². The first-order valence-electron chi connectivity index (χ1n) is 8.76. The number of amides is 1. The van der Waals surface area contributed by atoms with E-state index in [2.05, 4.69) is 5.32 Å². The van der Waals surface area contributed by atoms with Crippen LogP contribution in [0.5, 0.6) is 11.5 Å². The topological polar surface area (TPSA) is 69.6 Å². The Morgan fingerprint density at radius 1 is 1.07 bits per heavy atom. The number of ether oxygens (including phenoxy) is 2. The maximum atomic E-state index is 12.6. The standard InChI is InChI=1S/C21H22N2O4S/c1-14-19(20(24)22-12-15-8-10-17(26-2)11-9-15)28-21(25)23(14)13-16-6-4-5-7-18(16)27-3/h4-11H,12-13H2,1-3H3,(H,22,24). The molecule has 1 amide bonds. The zero-order valence-electron chi connectivity index (χ0n) is 16.0. The van der Waals surface area contributed by atoms with Crippen molar-refractivity contribution in [1.82, 2.24) is 9.88 Å². The Morgan fingerprint density at radius 2 is 1.79 bits per heavy atom. The maximum Gasteiger partial charge on any atom is 0.308 e. The number of aromatic nitrogens is 1. The van der Waals surface area contributed by atoms with Crippen LogP contribution in [-0.2, 0) is 13.1 Å². The lowest BCUT2D eigenvalue weighted by Gasteiger charge is -2.10. The largest absolute Gasteiger partial charge is 0.497 e. The molecule has 0 spiro atoms. The van der Waals surface area contributed by atoms with Gasteiger partial charge in [-0.3, -0.25) is 14.2 Å². The fourth-order valence-electron chi connectivity index (χ4n) is 2.88. The molecule has 1 heterocycles. The van der Waals surface area contributed by atoms with Crippen molar-refractivity contribution in [1.29, 1.82) is 0 Å². The predicted molar refractivity (Wildman–Crippen MR) is 110 cm³/mol. The highest BCUT2D eigenvalue weighted by Gasteiger charge is 2.18. The second kappa shape index (κ2) is 8.75. The van der Waals surface area contributed by atoms with Crippen LogP contribution in [-0.4, -0.2) is 24.7 Å². The van der Waals surface area contributed by atoms with Gasteiger partial charge >= 0.3 is 4.87 Å². The van der Waals surface area contributed by atoms with Crippen LogP contribution < -0.4 is 19.7 Å². The van der Waals surface area contributed by atoms with Gasteiger partial charge in [0.1, 0.15) is 16.4 Å². The Kier molecular flexibility index (Phi) is 6.16. The molecule has 3 rings (SSSR count). The Bertz CT molecular complexity index is 1020. The van der Waals surface area contributed by atoms with E-state index in [-0.39, 0.29) is 10.8 Å². The van der Waals surface area contributed by atoms with Crippen molar-refractivity contribution in [2.24, 2.45) is 0 Å². The molecular weight excluding hydrogens is 376 g/mol. The quantitative estimate of drug-likeness (QED) is 0.664. The van der Waals surface area contributed by atoms with Crippen LogP contribution in [0, 0.1) is 6.92 Å². The van der Waals surface area contributed by atoms with Crippen molar-refractivity contribution in [2.45, 2.75) is 20.0 Å². The third kappa shape index (κ3) is 4.26. The summed E-state index contributed by atoms with van der Waals surface area (Å²) in [5.41, 5.74) is 2.49. The van der Waals surface area contributed by atoms with Crippen LogP contribution in [0.4, 0.5) is 0 Å². The van der Waals surface area contributed by atoms with E-state index < -0.39 is 0 Å². The second-order valence-corrected chi connectivity index (χ2v) is 7.17. The fourth-order valence-corrected chi connectivity index (χ4v) is 3.79. The Morgan fingerprint density at radius 3 is 2.46 bits per heavy atom. The van der Waals surface area contributed by atoms with Crippen LogP contribution in [0.2, 0.25) is 0 Å². The van der Waals surface area contributed by atoms with Crippen LogP contribution in [0.1, 0.15) is 26.5 Å². The zero-order valence-corrected chi connectivity index (χ0v) is 16.8. The van der Waals surface area contributed by atoms with Crippen molar-refractivity contribution in [3.05, 3.63) is 79.9 Å². The van der Waals surface area contributed by atoms with E-state index in [1.807, 2.05) is 48.5 Å². The molecule has 2 aromatic carbocycles. The van der Waals surface area contributed by atoms with Gasteiger partial charge in [0.25, 0.3) is 5.91 Å². The summed E-state index contributed by atoms with van der Waals surface area (Å²) in [5.74, 6) is 1.22. The summed E-state index contributed by atoms with van der Waals surface area (Å²) >= 11 is 0.958. The number of nitrogens with zero attached hydrogens (tertiary/aromatic N) is 1. The van der Waals surface area contributed by atoms with Crippen molar-refractivity contribution in [3.8, 4) is 11.5 Å². The van der Waals surface area contributed by atoms with Gasteiger partial charge in [-0.05, 0) is 30.7 Å². The fraction of sp³-hybridized carbons (Fsp3) is 0.238. The van der Waals surface area contributed by atoms with Crippen molar-refractivity contribution < 1.29 is 14.3 Å². The first kappa shape index (κ1) is 19.7. The van der Waals surface area contributed by atoms with E-state index in [1.165, 1.54) is 0 Å². The molecule has 0 radical (unpaired) electrons. The minimum absolute atomic E-state index is 0.169. The highest BCUT2D eigenvalue weighted by atomic mass is 32.1. The number of carbonyl (C=O) groups is 1. The molecule has 7 heteroatoms. The van der Waals surface area contributed by atoms with E-state index in [9.17, 15) is 9.59 Å². The third-order valence-electron chi connectivity index (χ3n) is 4.48. The van der Waals surface area contributed by atoms with Crippen LogP contribution in [0.15, 0.2) is 53.3 Å². The first-order chi connectivity index (χ1) is 13.5. The average molecular weight is 398 g/mol. The number of methoxy groups -OCH3 is 2. The lowest BCUT2D eigenvalue weighted by Crippen LogP contribution is -2.23. The molecular formula is C21H22N2O4S. The van der Waals surface area contributed by atoms with E-state index in [0.717, 1.165) is 28.2 Å². The molecule has 0 aliphatic rings. The molecule has 1 aromatic heterocycles. The summed E-state index contributed by atoms with van der Waals surface area (Å²) in [5, 5.41) is 2.87. The predicted octanol–water partition coefficient (Wildman–Crippen LogP) is 3.21. The molecule has 0 aliphatic heterocycles. The second-order valence-electron chi connectivity index (χ2n) is 6.21. The Hall–Kier alpha value is -3.06. The number of rotatable bonds is 7. The van der Waals surface area contributed by atoms with Crippen LogP contribution in [0.3, 0.4) is 0 Å². The van der Waals surface area contributed by atoms with Crippen LogP contribution in [0.25, 0.3) is 0 Å². The first-order valence-corrected chi connectivity index (χ1v) is 9.58. The summed E-state index contributed by atoms with van der Waals surface area (Å²) in [6.07, 6.45) is 0. The summed E-state index contributed by atoms with van der Waals surface area (Å²) in [6, 6.07) is 15.0. The number of para-hydroxylation sites is 1. The molecule has 1 N–H and O–H groups in total. The number of carbonyl (C=O) groups excluding carboxylic acids is 1. The number of hydrogen-bond acceptors (Lipinski definition) is 5. The van der Waals surface area contributed by atoms with E-state index in [4.69, 9.17) is 9.47 Å². The Balaban J connectivity index is 1.74. The molecule has 0 saturated heterocycles. The summed E-state index contributed by atoms with van der Waals surface area (Å²) in [6.45, 7) is 2.52. The minimum atomic E-state index is -0.255. The SMILES string of the molecule is COc1ccc(CNC(=O)c2sc(=O)n(Cc3ccccc3OC)c2C)cc1. The lowest BCUT2D eigenvalue weighted by atomic mass is 10.2. The summed E-state index contributed by atoms with van der Waals surface area (Å²) in [7, 11) is 3.21. The van der Waals surface area contributed by atoms with Gasteiger partial charge in [0.2, 0.25) is 0 Å². The number of nitrogens with one attached hydrogen (secondary N) is 1. The van der Waals surface area contributed by atoms with Gasteiger partial charge in [-0.15, -0.1) is 0 Å². The molecule has 3 aromatic rings. The zero-order chi connectivity index (χ0) is 20.1. The van der Waals surface area contributed by atoms with Gasteiger partial charge in [-0.2, -0.15) is 0 Å².